The Hall–Kier alpha value is -11.0. The van der Waals surface area contributed by atoms with Crippen LogP contribution in [0.25, 0.3) is 101 Å². The molecule has 2 fully saturated rings. The van der Waals surface area contributed by atoms with E-state index >= 15 is 0 Å². The number of hydrogen-bond acceptors (Lipinski definition) is 6. The van der Waals surface area contributed by atoms with E-state index in [1.165, 1.54) is 49.0 Å². The van der Waals surface area contributed by atoms with Crippen molar-refractivity contribution in [1.82, 2.24) is 0 Å². The van der Waals surface area contributed by atoms with Gasteiger partial charge in [-0.15, -0.1) is 0 Å². The Morgan fingerprint density at radius 3 is 0.846 bits per heavy atom. The molecule has 2 saturated carbocycles. The number of rotatable bonds is 12. The van der Waals surface area contributed by atoms with Crippen molar-refractivity contribution in [2.24, 2.45) is 35.5 Å². The van der Waals surface area contributed by atoms with E-state index in [9.17, 15) is 14.4 Å². The number of hydrogen-bond donors (Lipinski definition) is 0. The van der Waals surface area contributed by atoms with Gasteiger partial charge in [0, 0.05) is 6.08 Å². The second kappa shape index (κ2) is 26.0. The summed E-state index contributed by atoms with van der Waals surface area (Å²) < 4.78 is 16.7. The van der Waals surface area contributed by atoms with Crippen molar-refractivity contribution >= 4 is 119 Å². The Bertz CT molecular complexity index is 4740. The van der Waals surface area contributed by atoms with Crippen LogP contribution in [0, 0.1) is 35.5 Å². The summed E-state index contributed by atoms with van der Waals surface area (Å²) in [6, 6.07) is 81.0. The van der Waals surface area contributed by atoms with Gasteiger partial charge in [0.25, 0.3) is 0 Å². The molecule has 4 aliphatic rings. The van der Waals surface area contributed by atoms with E-state index in [0.29, 0.717) is 40.9 Å². The highest BCUT2D eigenvalue weighted by Gasteiger charge is 2.42. The lowest BCUT2D eigenvalue weighted by Crippen LogP contribution is -2.23. The lowest BCUT2D eigenvalue weighted by Gasteiger charge is -2.16. The number of allylic oxidation sites excluding steroid dienone is 4. The van der Waals surface area contributed by atoms with Gasteiger partial charge in [-0.3, -0.25) is 9.59 Å². The average molecular weight is 1180 g/mol. The van der Waals surface area contributed by atoms with Crippen LogP contribution in [0.15, 0.2) is 274 Å². The summed E-state index contributed by atoms with van der Waals surface area (Å²) in [6.45, 7) is 3.41. The fourth-order valence-corrected chi connectivity index (χ4v) is 13.4. The van der Waals surface area contributed by atoms with Crippen molar-refractivity contribution in [3.05, 3.63) is 307 Å². The molecule has 0 aromatic heterocycles. The highest BCUT2D eigenvalue weighted by Crippen LogP contribution is 2.45. The molecule has 0 heterocycles. The van der Waals surface area contributed by atoms with Crippen molar-refractivity contribution in [3.63, 3.8) is 0 Å². The summed E-state index contributed by atoms with van der Waals surface area (Å²) in [5.74, 6) is 3.05. The van der Waals surface area contributed by atoms with Gasteiger partial charge in [0.15, 0.2) is 0 Å². The van der Waals surface area contributed by atoms with Crippen molar-refractivity contribution in [2.45, 2.75) is 25.7 Å². The van der Waals surface area contributed by atoms with Crippen LogP contribution < -0.4 is 14.2 Å². The molecule has 16 rings (SSSR count). The molecule has 0 spiro atoms. The Morgan fingerprint density at radius 2 is 0.560 bits per heavy atom. The standard InChI is InChI=1S/2C30H24O2.C25H18O2/c2*31-30(29-18-22-9-12-27(29)17-22)32-28-14-13-25-16-21(8-11-26(25)19-28)6-5-20-7-10-23-3-1-2-4-24(23)15-20;1-2-25(26)27-24-14-13-22-16-19(10-12-23(22)17-24)8-7-18-9-11-20-5-3-4-6-21(20)15-18/h2*1-16,19,22,27,29H,17-18H2;2-17H,1H2/b6-5+;6-5-;8-7-. The van der Waals surface area contributed by atoms with E-state index in [2.05, 4.69) is 243 Å². The Kier molecular flexibility index (Phi) is 16.5. The van der Waals surface area contributed by atoms with Crippen LogP contribution >= 0.6 is 0 Å². The maximum Gasteiger partial charge on any atom is 0.335 e. The summed E-state index contributed by atoms with van der Waals surface area (Å²) in [6.07, 6.45) is 26.9. The van der Waals surface area contributed by atoms with Crippen molar-refractivity contribution in [2.75, 3.05) is 0 Å². The van der Waals surface area contributed by atoms with Crippen molar-refractivity contribution in [3.8, 4) is 17.2 Å². The maximum atomic E-state index is 12.6. The first-order valence-electron chi connectivity index (χ1n) is 31.4. The van der Waals surface area contributed by atoms with Gasteiger partial charge in [0.05, 0.1) is 11.8 Å². The first-order valence-corrected chi connectivity index (χ1v) is 31.4. The molecule has 91 heavy (non-hydrogen) atoms. The zero-order valence-electron chi connectivity index (χ0n) is 50.3. The molecule has 0 saturated heterocycles. The second-order valence-corrected chi connectivity index (χ2v) is 24.4. The molecule has 4 aliphatic carbocycles. The van der Waals surface area contributed by atoms with Gasteiger partial charge in [0.1, 0.15) is 17.2 Å². The number of carbonyl (C=O) groups is 3. The molecule has 0 amide bonds. The number of ether oxygens (including phenoxy) is 3. The SMILES string of the molecule is C=CC(=O)Oc1ccc2cc(/C=C\c3ccc4ccccc4c3)ccc2c1.O=C(Oc1ccc2cc(/C=C/c3ccc4ccccc4c3)ccc2c1)C1CC2C=CC1C2.O=C(Oc1ccc2cc(/C=C\c3ccc4ccccc4c3)ccc2c1)C1CC2C=CC1C2. The zero-order chi connectivity index (χ0) is 61.6. The lowest BCUT2D eigenvalue weighted by atomic mass is 9.94. The monoisotopic (exact) mass is 1180 g/mol. The smallest absolute Gasteiger partial charge is 0.335 e. The predicted molar refractivity (Wildman–Crippen MR) is 375 cm³/mol. The third kappa shape index (κ3) is 13.6. The van der Waals surface area contributed by atoms with Gasteiger partial charge in [0.2, 0.25) is 0 Å². The van der Waals surface area contributed by atoms with E-state index in [0.717, 1.165) is 80.8 Å². The highest BCUT2D eigenvalue weighted by molar-refractivity contribution is 5.94. The first-order chi connectivity index (χ1) is 44.6. The van der Waals surface area contributed by atoms with Crippen LogP contribution in [0.4, 0.5) is 0 Å². The van der Waals surface area contributed by atoms with Crippen LogP contribution in [0.1, 0.15) is 59.1 Å². The normalized spacial score (nSPS) is 18.5. The summed E-state index contributed by atoms with van der Waals surface area (Å²) in [7, 11) is 0. The van der Waals surface area contributed by atoms with E-state index in [4.69, 9.17) is 14.2 Å². The lowest BCUT2D eigenvalue weighted by molar-refractivity contribution is -0.140. The molecule has 4 bridgehead atoms. The Balaban J connectivity index is 0.000000119. The summed E-state index contributed by atoms with van der Waals surface area (Å²) >= 11 is 0. The highest BCUT2D eigenvalue weighted by atomic mass is 16.5. The van der Waals surface area contributed by atoms with Crippen molar-refractivity contribution in [1.29, 1.82) is 0 Å². The molecule has 6 nitrogen and oxygen atoms in total. The molecule has 6 unspecified atom stereocenters. The van der Waals surface area contributed by atoms with Gasteiger partial charge >= 0.3 is 17.9 Å². The Labute approximate surface area is 530 Å². The molecule has 6 heteroatoms. The van der Waals surface area contributed by atoms with Crippen LogP contribution in [-0.4, -0.2) is 17.9 Å². The van der Waals surface area contributed by atoms with Crippen molar-refractivity contribution < 1.29 is 28.6 Å². The quantitative estimate of drug-likeness (QED) is 0.0399. The minimum Gasteiger partial charge on any atom is -0.426 e. The maximum absolute atomic E-state index is 12.6. The number of benzene rings is 12. The molecule has 0 N–H and O–H groups in total. The predicted octanol–water partition coefficient (Wildman–Crippen LogP) is 20.8. The number of fused-ring (bicyclic) bond motifs is 10. The number of esters is 3. The van der Waals surface area contributed by atoms with Gasteiger partial charge in [-0.05, 0) is 220 Å². The largest absolute Gasteiger partial charge is 0.426 e. The molecule has 0 radical (unpaired) electrons. The Morgan fingerprint density at radius 1 is 0.297 bits per heavy atom. The molecule has 12 aromatic carbocycles. The number of carbonyl (C=O) groups excluding carboxylic acids is 3. The van der Waals surface area contributed by atoms with E-state index in [1.807, 2.05) is 54.6 Å². The first kappa shape index (κ1) is 57.8. The van der Waals surface area contributed by atoms with Gasteiger partial charge in [-0.1, -0.05) is 231 Å². The van der Waals surface area contributed by atoms with Crippen LogP contribution in [0.3, 0.4) is 0 Å². The topological polar surface area (TPSA) is 78.9 Å². The molecule has 442 valence electrons. The molecule has 12 aromatic rings. The van der Waals surface area contributed by atoms with Gasteiger partial charge < -0.3 is 14.2 Å². The van der Waals surface area contributed by atoms with Gasteiger partial charge in [-0.2, -0.15) is 0 Å². The summed E-state index contributed by atoms with van der Waals surface area (Å²) in [4.78, 5) is 36.6. The van der Waals surface area contributed by atoms with Crippen LogP contribution in [-0.2, 0) is 14.4 Å². The zero-order valence-corrected chi connectivity index (χ0v) is 50.3. The third-order valence-corrected chi connectivity index (χ3v) is 18.2. The van der Waals surface area contributed by atoms with Crippen LogP contribution in [0.2, 0.25) is 0 Å². The minimum absolute atomic E-state index is 0.0170. The third-order valence-electron chi connectivity index (χ3n) is 18.2. The summed E-state index contributed by atoms with van der Waals surface area (Å²) in [5.41, 5.74) is 6.93. The molecule has 0 aliphatic heterocycles. The molecule has 6 atom stereocenters. The van der Waals surface area contributed by atoms with Crippen LogP contribution in [0.5, 0.6) is 17.2 Å². The fourth-order valence-electron chi connectivity index (χ4n) is 13.4. The van der Waals surface area contributed by atoms with E-state index in [-0.39, 0.29) is 23.8 Å². The molecular weight excluding hydrogens is 1120 g/mol. The fraction of sp³-hybridized carbons (Fsp3) is 0.118. The second-order valence-electron chi connectivity index (χ2n) is 24.4. The summed E-state index contributed by atoms with van der Waals surface area (Å²) in [5, 5.41) is 14.0. The average Bonchev–Trinajstić information content (AvgIpc) is 2.29. The van der Waals surface area contributed by atoms with Gasteiger partial charge in [-0.25, -0.2) is 4.79 Å². The van der Waals surface area contributed by atoms with E-state index < -0.39 is 5.97 Å². The minimum atomic E-state index is -0.454. The van der Waals surface area contributed by atoms with E-state index in [1.54, 1.807) is 6.07 Å². The molecular formula is C85H66O6.